The smallest absolute Gasteiger partial charge is 0.263 e. The van der Waals surface area contributed by atoms with Crippen molar-refractivity contribution in [3.63, 3.8) is 0 Å². The fraction of sp³-hybridized carbons (Fsp3) is 0.385. The highest BCUT2D eigenvalue weighted by Crippen LogP contribution is 2.15. The number of nitrogens with zero attached hydrogens (tertiary/aromatic N) is 1. The molecule has 186 valence electrons. The molecule has 0 aliphatic carbocycles. The van der Waals surface area contributed by atoms with Crippen molar-refractivity contribution in [3.8, 4) is 11.8 Å². The quantitative estimate of drug-likeness (QED) is 0.188. The van der Waals surface area contributed by atoms with Gasteiger partial charge in [0.25, 0.3) is 5.91 Å². The number of carbonyl (C=O) groups excluding carboxylic acids is 2. The van der Waals surface area contributed by atoms with Crippen LogP contribution >= 0.6 is 0 Å². The number of piperazine rings is 1. The zero-order chi connectivity index (χ0) is 25.2. The van der Waals surface area contributed by atoms with Crippen LogP contribution in [0.4, 0.5) is 5.69 Å². The summed E-state index contributed by atoms with van der Waals surface area (Å²) < 4.78 is 0. The van der Waals surface area contributed by atoms with Crippen LogP contribution in [0.2, 0.25) is 0 Å². The number of aliphatic hydroxyl groups excluding tert-OH is 1. The van der Waals surface area contributed by atoms with Gasteiger partial charge < -0.3 is 15.7 Å². The lowest BCUT2D eigenvalue weighted by Gasteiger charge is -2.26. The van der Waals surface area contributed by atoms with Crippen LogP contribution in [0.25, 0.3) is 0 Å². The van der Waals surface area contributed by atoms with E-state index in [1.54, 1.807) is 5.48 Å². The first kappa shape index (κ1) is 26.3. The second kappa shape index (κ2) is 13.0. The third kappa shape index (κ3) is 8.17. The molecule has 2 aromatic rings. The Morgan fingerprint density at radius 3 is 2.11 bits per heavy atom. The van der Waals surface area contributed by atoms with Gasteiger partial charge in [-0.05, 0) is 55.8 Å². The van der Waals surface area contributed by atoms with E-state index in [2.05, 4.69) is 32.7 Å². The summed E-state index contributed by atoms with van der Waals surface area (Å²) in [6.45, 7) is 7.31. The maximum absolute atomic E-state index is 12.2. The molecule has 1 saturated heterocycles. The summed E-state index contributed by atoms with van der Waals surface area (Å²) in [6.07, 6.45) is -0.971. The summed E-state index contributed by atoms with van der Waals surface area (Å²) in [5.41, 5.74) is 4.88. The molecule has 0 aromatic heterocycles. The van der Waals surface area contributed by atoms with Crippen molar-refractivity contribution in [3.05, 3.63) is 65.2 Å². The first-order valence-corrected chi connectivity index (χ1v) is 11.7. The molecule has 0 spiro atoms. The predicted octanol–water partition coefficient (Wildman–Crippen LogP) is 0.836. The van der Waals surface area contributed by atoms with Crippen LogP contribution in [0.3, 0.4) is 0 Å². The molecule has 0 unspecified atom stereocenters. The monoisotopic (exact) mass is 479 g/mol. The number of hydrogen-bond donors (Lipinski definition) is 6. The summed E-state index contributed by atoms with van der Waals surface area (Å²) >= 11 is 0. The van der Waals surface area contributed by atoms with Crippen LogP contribution in [-0.2, 0) is 9.59 Å². The van der Waals surface area contributed by atoms with Gasteiger partial charge in [0.15, 0.2) is 0 Å². The first-order valence-electron chi connectivity index (χ1n) is 11.7. The molecule has 9 heteroatoms. The third-order valence-electron chi connectivity index (χ3n) is 5.81. The van der Waals surface area contributed by atoms with E-state index in [0.29, 0.717) is 6.54 Å². The number of rotatable bonds is 8. The molecule has 1 aliphatic heterocycles. The van der Waals surface area contributed by atoms with Crippen LogP contribution in [0, 0.1) is 11.8 Å². The average molecular weight is 480 g/mol. The van der Waals surface area contributed by atoms with Gasteiger partial charge in [0.2, 0.25) is 5.91 Å². The predicted molar refractivity (Wildman–Crippen MR) is 134 cm³/mol. The Kier molecular flexibility index (Phi) is 9.78. The van der Waals surface area contributed by atoms with E-state index in [1.807, 2.05) is 55.5 Å². The lowest BCUT2D eigenvalue weighted by atomic mass is 10.0. The van der Waals surface area contributed by atoms with Gasteiger partial charge in [0.1, 0.15) is 6.04 Å². The molecule has 2 amide bonds. The second-order valence-corrected chi connectivity index (χ2v) is 8.61. The number of hydrogen-bond acceptors (Lipinski definition) is 7. The van der Waals surface area contributed by atoms with E-state index in [-0.39, 0.29) is 11.9 Å². The molecular weight excluding hydrogens is 446 g/mol. The van der Waals surface area contributed by atoms with Crippen molar-refractivity contribution in [1.82, 2.24) is 21.0 Å². The van der Waals surface area contributed by atoms with E-state index in [0.717, 1.165) is 48.6 Å². The molecule has 35 heavy (non-hydrogen) atoms. The maximum atomic E-state index is 12.2. The molecule has 2 aromatic carbocycles. The van der Waals surface area contributed by atoms with Crippen molar-refractivity contribution in [1.29, 1.82) is 0 Å². The Labute approximate surface area is 205 Å². The highest BCUT2D eigenvalue weighted by atomic mass is 16.5. The molecule has 0 bridgehead atoms. The standard InChI is InChI=1S/C26H33N5O4/c1-18(28-25(19(2)32)26(34)30-35)22-9-5-20(6-10-22)3-4-21-7-11-23(12-8-21)29-24(33)17-31-15-13-27-14-16-31/h5-12,18-19,25,27-28,32,35H,13-17H2,1-2H3,(H,29,33)(H,30,34)/t18-,19-,25+/m1/s1. The number of amides is 2. The lowest BCUT2D eigenvalue weighted by Crippen LogP contribution is -2.50. The summed E-state index contributed by atoms with van der Waals surface area (Å²) in [5.74, 6) is 5.52. The maximum Gasteiger partial charge on any atom is 0.263 e. The van der Waals surface area contributed by atoms with Crippen LogP contribution in [-0.4, -0.2) is 71.9 Å². The van der Waals surface area contributed by atoms with Crippen LogP contribution in [0.15, 0.2) is 48.5 Å². The Morgan fingerprint density at radius 2 is 1.57 bits per heavy atom. The summed E-state index contributed by atoms with van der Waals surface area (Å²) in [6, 6.07) is 13.8. The third-order valence-corrected chi connectivity index (χ3v) is 5.81. The molecule has 1 heterocycles. The zero-order valence-corrected chi connectivity index (χ0v) is 20.0. The zero-order valence-electron chi connectivity index (χ0n) is 20.0. The molecule has 0 saturated carbocycles. The van der Waals surface area contributed by atoms with Gasteiger partial charge in [0, 0.05) is 49.0 Å². The topological polar surface area (TPSA) is 126 Å². The number of nitrogens with one attached hydrogen (secondary N) is 4. The highest BCUT2D eigenvalue weighted by molar-refractivity contribution is 5.92. The van der Waals surface area contributed by atoms with E-state index in [4.69, 9.17) is 5.21 Å². The van der Waals surface area contributed by atoms with E-state index in [9.17, 15) is 14.7 Å². The Hall–Kier alpha value is -3.26. The minimum atomic E-state index is -0.971. The molecule has 1 aliphatic rings. The van der Waals surface area contributed by atoms with E-state index < -0.39 is 18.1 Å². The summed E-state index contributed by atoms with van der Waals surface area (Å²) in [5, 5.41) is 27.8. The number of anilines is 1. The Morgan fingerprint density at radius 1 is 1.00 bits per heavy atom. The molecule has 3 rings (SSSR count). The van der Waals surface area contributed by atoms with Gasteiger partial charge in [-0.25, -0.2) is 5.48 Å². The van der Waals surface area contributed by atoms with Gasteiger partial charge in [0.05, 0.1) is 12.6 Å². The van der Waals surface area contributed by atoms with Gasteiger partial charge >= 0.3 is 0 Å². The summed E-state index contributed by atoms with van der Waals surface area (Å²) in [7, 11) is 0. The Balaban J connectivity index is 1.54. The number of aliphatic hydroxyl groups is 1. The van der Waals surface area contributed by atoms with Crippen LogP contribution < -0.4 is 21.4 Å². The summed E-state index contributed by atoms with van der Waals surface area (Å²) in [4.78, 5) is 26.1. The number of benzene rings is 2. The van der Waals surface area contributed by atoms with Gasteiger partial charge in [-0.15, -0.1) is 0 Å². The van der Waals surface area contributed by atoms with Crippen LogP contribution in [0.1, 0.15) is 36.6 Å². The molecule has 0 radical (unpaired) electrons. The fourth-order valence-electron chi connectivity index (χ4n) is 3.78. The molecular formula is C26H33N5O4. The Bertz CT molecular complexity index is 1040. The highest BCUT2D eigenvalue weighted by Gasteiger charge is 2.25. The van der Waals surface area contributed by atoms with Crippen molar-refractivity contribution >= 4 is 17.5 Å². The van der Waals surface area contributed by atoms with Crippen molar-refractivity contribution in [2.24, 2.45) is 0 Å². The first-order chi connectivity index (χ1) is 16.9. The normalized spacial score (nSPS) is 16.3. The van der Waals surface area contributed by atoms with Gasteiger partial charge in [-0.1, -0.05) is 24.0 Å². The fourth-order valence-corrected chi connectivity index (χ4v) is 3.78. The minimum absolute atomic E-state index is 0.0219. The molecule has 6 N–H and O–H groups in total. The minimum Gasteiger partial charge on any atom is -0.391 e. The van der Waals surface area contributed by atoms with Gasteiger partial charge in [-0.2, -0.15) is 0 Å². The van der Waals surface area contributed by atoms with Gasteiger partial charge in [-0.3, -0.25) is 25.0 Å². The van der Waals surface area contributed by atoms with Crippen molar-refractivity contribution in [2.75, 3.05) is 38.0 Å². The molecule has 3 atom stereocenters. The number of hydroxylamine groups is 1. The SMILES string of the molecule is C[C@@H](N[C@H](C(=O)NO)[C@@H](C)O)c1ccc(C#Cc2ccc(NC(=O)CN3CCNCC3)cc2)cc1. The van der Waals surface area contributed by atoms with E-state index in [1.165, 1.54) is 6.92 Å². The second-order valence-electron chi connectivity index (χ2n) is 8.61. The average Bonchev–Trinajstić information content (AvgIpc) is 2.87. The largest absolute Gasteiger partial charge is 0.391 e. The van der Waals surface area contributed by atoms with Crippen molar-refractivity contribution in [2.45, 2.75) is 32.0 Å². The lowest BCUT2D eigenvalue weighted by molar-refractivity contribution is -0.134. The number of carbonyl (C=O) groups is 2. The van der Waals surface area contributed by atoms with Crippen LogP contribution in [0.5, 0.6) is 0 Å². The molecule has 9 nitrogen and oxygen atoms in total. The molecule has 1 fully saturated rings. The van der Waals surface area contributed by atoms with E-state index >= 15 is 0 Å². The van der Waals surface area contributed by atoms with Crippen molar-refractivity contribution < 1.29 is 19.9 Å².